The Morgan fingerprint density at radius 1 is 1.54 bits per heavy atom. The number of hydrogen-bond acceptors (Lipinski definition) is 1. The Morgan fingerprint density at radius 3 is 3.08 bits per heavy atom. The van der Waals surface area contributed by atoms with E-state index in [1.54, 1.807) is 6.92 Å². The molecule has 1 aromatic rings. The molecule has 1 aromatic carbocycles. The average molecular weight is 200 g/mol. The van der Waals surface area contributed by atoms with Gasteiger partial charge in [-0.25, -0.2) is 4.39 Å². The standard InChI is InChI=1S/C10H11ClFN/c1-10(12)5-7-4-8(11)2-3-9(7)13-6-10/h2-4,13H,5-6H2,1H3. The number of nitrogens with one attached hydrogen (secondary N) is 1. The van der Waals surface area contributed by atoms with Crippen molar-refractivity contribution in [3.05, 3.63) is 28.8 Å². The normalized spacial score (nSPS) is 26.4. The number of fused-ring (bicyclic) bond motifs is 1. The number of halogens is 2. The lowest BCUT2D eigenvalue weighted by Gasteiger charge is -2.28. The van der Waals surface area contributed by atoms with Crippen LogP contribution in [0, 0.1) is 0 Å². The van der Waals surface area contributed by atoms with Gasteiger partial charge in [-0.1, -0.05) is 11.6 Å². The van der Waals surface area contributed by atoms with Crippen molar-refractivity contribution in [3.8, 4) is 0 Å². The summed E-state index contributed by atoms with van der Waals surface area (Å²) in [5.74, 6) is 0. The second-order valence-electron chi connectivity index (χ2n) is 3.75. The predicted octanol–water partition coefficient (Wildman–Crippen LogP) is 3.04. The molecule has 0 amide bonds. The first-order chi connectivity index (χ1) is 6.07. The zero-order valence-electron chi connectivity index (χ0n) is 7.40. The van der Waals surface area contributed by atoms with Crippen LogP contribution in [0.3, 0.4) is 0 Å². The molecule has 0 saturated heterocycles. The van der Waals surface area contributed by atoms with E-state index in [9.17, 15) is 4.39 Å². The summed E-state index contributed by atoms with van der Waals surface area (Å²) >= 11 is 5.82. The van der Waals surface area contributed by atoms with E-state index in [0.717, 1.165) is 11.3 Å². The van der Waals surface area contributed by atoms with Crippen LogP contribution in [0.2, 0.25) is 5.02 Å². The topological polar surface area (TPSA) is 12.0 Å². The van der Waals surface area contributed by atoms with Gasteiger partial charge in [-0.05, 0) is 30.7 Å². The minimum Gasteiger partial charge on any atom is -0.382 e. The Bertz CT molecular complexity index is 336. The molecule has 0 spiro atoms. The summed E-state index contributed by atoms with van der Waals surface area (Å²) in [4.78, 5) is 0. The maximum Gasteiger partial charge on any atom is 0.129 e. The minimum atomic E-state index is -1.16. The quantitative estimate of drug-likeness (QED) is 0.677. The van der Waals surface area contributed by atoms with Gasteiger partial charge in [-0.2, -0.15) is 0 Å². The molecule has 3 heteroatoms. The van der Waals surface area contributed by atoms with Crippen molar-refractivity contribution in [1.82, 2.24) is 0 Å². The van der Waals surface area contributed by atoms with Crippen molar-refractivity contribution < 1.29 is 4.39 Å². The van der Waals surface area contributed by atoms with Gasteiger partial charge in [-0.3, -0.25) is 0 Å². The van der Waals surface area contributed by atoms with Crippen LogP contribution in [0.4, 0.5) is 10.1 Å². The molecule has 1 N–H and O–H groups in total. The highest BCUT2D eigenvalue weighted by Gasteiger charge is 2.28. The molecule has 0 aliphatic carbocycles. The molecule has 2 rings (SSSR count). The average Bonchev–Trinajstić information content (AvgIpc) is 2.01. The Hall–Kier alpha value is -0.760. The molecular formula is C10H11ClFN. The van der Waals surface area contributed by atoms with E-state index < -0.39 is 5.67 Å². The zero-order valence-corrected chi connectivity index (χ0v) is 8.16. The summed E-state index contributed by atoms with van der Waals surface area (Å²) in [6.07, 6.45) is 0.440. The first kappa shape index (κ1) is 8.82. The molecule has 0 aromatic heterocycles. The largest absolute Gasteiger partial charge is 0.382 e. The molecule has 13 heavy (non-hydrogen) atoms. The number of rotatable bonds is 0. The van der Waals surface area contributed by atoms with Crippen LogP contribution in [0.25, 0.3) is 0 Å². The van der Waals surface area contributed by atoms with Crippen LogP contribution in [-0.4, -0.2) is 12.2 Å². The number of hydrogen-bond donors (Lipinski definition) is 1. The molecule has 1 aliphatic heterocycles. The molecule has 0 fully saturated rings. The van der Waals surface area contributed by atoms with E-state index in [-0.39, 0.29) is 0 Å². The molecule has 70 valence electrons. The van der Waals surface area contributed by atoms with Gasteiger partial charge < -0.3 is 5.32 Å². The Labute approximate surface area is 81.9 Å². The lowest BCUT2D eigenvalue weighted by atomic mass is 9.93. The fourth-order valence-corrected chi connectivity index (χ4v) is 1.81. The minimum absolute atomic E-state index is 0.377. The molecule has 1 heterocycles. The van der Waals surface area contributed by atoms with Crippen molar-refractivity contribution >= 4 is 17.3 Å². The third-order valence-electron chi connectivity index (χ3n) is 2.27. The molecular weight excluding hydrogens is 189 g/mol. The fraction of sp³-hybridized carbons (Fsp3) is 0.400. The summed E-state index contributed by atoms with van der Waals surface area (Å²) in [7, 11) is 0. The molecule has 0 bridgehead atoms. The molecule has 0 radical (unpaired) electrons. The summed E-state index contributed by atoms with van der Waals surface area (Å²) in [5.41, 5.74) is 0.806. The van der Waals surface area contributed by atoms with Gasteiger partial charge in [0, 0.05) is 23.7 Å². The van der Waals surface area contributed by atoms with Gasteiger partial charge in [0.2, 0.25) is 0 Å². The van der Waals surface area contributed by atoms with E-state index >= 15 is 0 Å². The predicted molar refractivity (Wildman–Crippen MR) is 53.2 cm³/mol. The first-order valence-electron chi connectivity index (χ1n) is 4.28. The lowest BCUT2D eigenvalue weighted by Crippen LogP contribution is -2.35. The summed E-state index contributed by atoms with van der Waals surface area (Å²) in [6.45, 7) is 1.98. The molecule has 1 unspecified atom stereocenters. The lowest BCUT2D eigenvalue weighted by molar-refractivity contribution is 0.202. The van der Waals surface area contributed by atoms with E-state index in [1.807, 2.05) is 18.2 Å². The van der Waals surface area contributed by atoms with Crippen LogP contribution in [0.5, 0.6) is 0 Å². The summed E-state index contributed by atoms with van der Waals surface area (Å²) < 4.78 is 13.6. The van der Waals surface area contributed by atoms with E-state index in [4.69, 9.17) is 11.6 Å². The van der Waals surface area contributed by atoms with Crippen LogP contribution in [0.1, 0.15) is 12.5 Å². The van der Waals surface area contributed by atoms with Crippen LogP contribution >= 0.6 is 11.6 Å². The van der Waals surface area contributed by atoms with Crippen LogP contribution in [-0.2, 0) is 6.42 Å². The Kier molecular flexibility index (Phi) is 1.95. The van der Waals surface area contributed by atoms with Gasteiger partial charge in [0.1, 0.15) is 5.67 Å². The molecule has 1 nitrogen and oxygen atoms in total. The van der Waals surface area contributed by atoms with E-state index in [0.29, 0.717) is 18.0 Å². The van der Waals surface area contributed by atoms with Gasteiger partial charge in [0.05, 0.1) is 0 Å². The SMILES string of the molecule is CC1(F)CNc2ccc(Cl)cc2C1. The monoisotopic (exact) mass is 199 g/mol. The van der Waals surface area contributed by atoms with E-state index in [1.165, 1.54) is 0 Å². The highest BCUT2D eigenvalue weighted by Crippen LogP contribution is 2.30. The second-order valence-corrected chi connectivity index (χ2v) is 4.18. The fourth-order valence-electron chi connectivity index (χ4n) is 1.62. The number of benzene rings is 1. The zero-order chi connectivity index (χ0) is 9.47. The molecule has 1 atom stereocenters. The highest BCUT2D eigenvalue weighted by atomic mass is 35.5. The van der Waals surface area contributed by atoms with Gasteiger partial charge in [0.25, 0.3) is 0 Å². The number of alkyl halides is 1. The highest BCUT2D eigenvalue weighted by molar-refractivity contribution is 6.30. The van der Waals surface area contributed by atoms with Crippen molar-refractivity contribution in [2.24, 2.45) is 0 Å². The first-order valence-corrected chi connectivity index (χ1v) is 4.66. The van der Waals surface area contributed by atoms with Gasteiger partial charge in [0.15, 0.2) is 0 Å². The third kappa shape index (κ3) is 1.78. The summed E-state index contributed by atoms with van der Waals surface area (Å²) in [6, 6.07) is 5.53. The Morgan fingerprint density at radius 2 is 2.31 bits per heavy atom. The van der Waals surface area contributed by atoms with Gasteiger partial charge in [-0.15, -0.1) is 0 Å². The number of anilines is 1. The molecule has 1 aliphatic rings. The maximum atomic E-state index is 13.6. The van der Waals surface area contributed by atoms with Crippen molar-refractivity contribution in [1.29, 1.82) is 0 Å². The Balaban J connectivity index is 2.38. The third-order valence-corrected chi connectivity index (χ3v) is 2.51. The van der Waals surface area contributed by atoms with Crippen molar-refractivity contribution in [2.75, 3.05) is 11.9 Å². The molecule has 0 saturated carbocycles. The van der Waals surface area contributed by atoms with Crippen molar-refractivity contribution in [2.45, 2.75) is 19.0 Å². The van der Waals surface area contributed by atoms with Gasteiger partial charge >= 0.3 is 0 Å². The van der Waals surface area contributed by atoms with Crippen LogP contribution < -0.4 is 5.32 Å². The second kappa shape index (κ2) is 2.88. The maximum absolute atomic E-state index is 13.6. The van der Waals surface area contributed by atoms with Crippen molar-refractivity contribution in [3.63, 3.8) is 0 Å². The summed E-state index contributed by atoms with van der Waals surface area (Å²) in [5, 5.41) is 3.71. The van der Waals surface area contributed by atoms with E-state index in [2.05, 4.69) is 5.32 Å². The smallest absolute Gasteiger partial charge is 0.129 e. The van der Waals surface area contributed by atoms with Crippen LogP contribution in [0.15, 0.2) is 18.2 Å².